The standard InChI is InChI=1S/C42H50N8O4/c1-24(2)19-35(51)49-18-6-7-34(49)38-44-22-33(46-38)31-13-12-29(30-15-17-43-37(30)31)27-8-10-28(11-9-27)32-21-45-40(47-32)42-16-14-26(20-42)23-50(42)39(52)36(25(3)4)48-41(53)54-5/h8-13,15,17,21-22,24-26,34,36,43H,6-7,14,16,18-20,23H2,1-5H3,(H,44,46)(H,45,47)(H,48,53)/t26?,34-,36-,42?/m0/s1. The summed E-state index contributed by atoms with van der Waals surface area (Å²) in [4.78, 5) is 63.2. The van der Waals surface area contributed by atoms with Crippen LogP contribution in [0.5, 0.6) is 0 Å². The van der Waals surface area contributed by atoms with Crippen molar-refractivity contribution in [2.45, 2.75) is 83.8 Å². The molecule has 12 nitrogen and oxygen atoms in total. The number of imidazole rings is 2. The number of rotatable bonds is 10. The van der Waals surface area contributed by atoms with Gasteiger partial charge in [-0.25, -0.2) is 14.8 Å². The molecule has 0 radical (unpaired) electrons. The van der Waals surface area contributed by atoms with Crippen molar-refractivity contribution in [1.29, 1.82) is 0 Å². The highest BCUT2D eigenvalue weighted by Crippen LogP contribution is 2.52. The van der Waals surface area contributed by atoms with Gasteiger partial charge in [-0.1, -0.05) is 64.1 Å². The highest BCUT2D eigenvalue weighted by molar-refractivity contribution is 6.02. The first-order valence-electron chi connectivity index (χ1n) is 19.3. The lowest BCUT2D eigenvalue weighted by Gasteiger charge is -2.40. The van der Waals surface area contributed by atoms with Gasteiger partial charge in [0, 0.05) is 36.7 Å². The van der Waals surface area contributed by atoms with E-state index in [1.807, 2.05) is 42.2 Å². The third kappa shape index (κ3) is 6.24. The molecule has 2 aromatic carbocycles. The summed E-state index contributed by atoms with van der Waals surface area (Å²) in [6.45, 7) is 9.46. The molecule has 3 aromatic heterocycles. The Balaban J connectivity index is 1.02. The molecule has 4 atom stereocenters. The van der Waals surface area contributed by atoms with Crippen LogP contribution in [0.15, 0.2) is 61.1 Å². The number of methoxy groups -OCH3 is 1. The molecule has 8 rings (SSSR count). The van der Waals surface area contributed by atoms with E-state index in [-0.39, 0.29) is 23.8 Å². The van der Waals surface area contributed by atoms with Crippen molar-refractivity contribution in [2.75, 3.05) is 20.2 Å². The first-order chi connectivity index (χ1) is 26.1. The zero-order chi connectivity index (χ0) is 37.7. The number of hydrogen-bond acceptors (Lipinski definition) is 6. The number of aromatic nitrogens is 5. The summed E-state index contributed by atoms with van der Waals surface area (Å²) in [5.41, 5.74) is 6.56. The Morgan fingerprint density at radius 3 is 2.44 bits per heavy atom. The van der Waals surface area contributed by atoms with E-state index in [4.69, 9.17) is 14.7 Å². The molecular formula is C42H50N8O4. The number of carbonyl (C=O) groups excluding carboxylic acids is 3. The molecule has 54 heavy (non-hydrogen) atoms. The van der Waals surface area contributed by atoms with Gasteiger partial charge < -0.3 is 34.8 Å². The summed E-state index contributed by atoms with van der Waals surface area (Å²) in [6.07, 6.45) is 10.3. The molecule has 2 unspecified atom stereocenters. The second kappa shape index (κ2) is 14.1. The summed E-state index contributed by atoms with van der Waals surface area (Å²) in [5, 5.41) is 3.87. The summed E-state index contributed by atoms with van der Waals surface area (Å²) >= 11 is 0. The van der Waals surface area contributed by atoms with E-state index in [0.29, 0.717) is 24.8 Å². The molecule has 5 heterocycles. The Bertz CT molecular complexity index is 2180. The van der Waals surface area contributed by atoms with Crippen LogP contribution in [0.3, 0.4) is 0 Å². The van der Waals surface area contributed by atoms with Gasteiger partial charge >= 0.3 is 6.09 Å². The van der Waals surface area contributed by atoms with Crippen molar-refractivity contribution >= 4 is 28.8 Å². The van der Waals surface area contributed by atoms with E-state index in [2.05, 4.69) is 76.6 Å². The van der Waals surface area contributed by atoms with Gasteiger partial charge in [-0.15, -0.1) is 0 Å². The SMILES string of the molecule is COC(=O)N[C@H](C(=O)N1CC2CCC1(c1ncc(-c3ccc(-c4ccc(-c5cnc([C@@H]6CCCN6C(=O)CC(C)C)[nH]5)c5[nH]ccc45)cc3)[nH]1)C2)C(C)C. The smallest absolute Gasteiger partial charge is 0.407 e. The molecule has 4 N–H and O–H groups in total. The van der Waals surface area contributed by atoms with Crippen LogP contribution >= 0.6 is 0 Å². The number of ether oxygens (including phenoxy) is 1. The molecule has 1 aliphatic carbocycles. The van der Waals surface area contributed by atoms with Crippen molar-refractivity contribution in [3.63, 3.8) is 0 Å². The Kier molecular flexibility index (Phi) is 9.31. The van der Waals surface area contributed by atoms with Crippen LogP contribution < -0.4 is 5.32 Å². The molecular weight excluding hydrogens is 681 g/mol. The van der Waals surface area contributed by atoms with Crippen molar-refractivity contribution < 1.29 is 19.1 Å². The van der Waals surface area contributed by atoms with E-state index in [1.165, 1.54) is 7.11 Å². The van der Waals surface area contributed by atoms with E-state index >= 15 is 0 Å². The number of nitrogens with zero attached hydrogens (tertiary/aromatic N) is 4. The van der Waals surface area contributed by atoms with Gasteiger partial charge in [0.05, 0.1) is 42.4 Å². The zero-order valence-electron chi connectivity index (χ0n) is 31.7. The highest BCUT2D eigenvalue weighted by Gasteiger charge is 2.56. The quantitative estimate of drug-likeness (QED) is 0.117. The van der Waals surface area contributed by atoms with Crippen LogP contribution in [0.1, 0.15) is 83.9 Å². The lowest BCUT2D eigenvalue weighted by Crippen LogP contribution is -2.56. The predicted molar refractivity (Wildman–Crippen MR) is 207 cm³/mol. The molecule has 282 valence electrons. The fourth-order valence-electron chi connectivity index (χ4n) is 9.09. The minimum atomic E-state index is -0.678. The first-order valence-corrected chi connectivity index (χ1v) is 19.3. The average Bonchev–Trinajstić information content (AvgIpc) is 4.01. The maximum Gasteiger partial charge on any atom is 0.407 e. The summed E-state index contributed by atoms with van der Waals surface area (Å²) in [7, 11) is 1.31. The maximum atomic E-state index is 13.9. The third-order valence-corrected chi connectivity index (χ3v) is 11.8. The number of alkyl carbamates (subject to hydrolysis) is 1. The molecule has 0 spiro atoms. The first kappa shape index (κ1) is 35.6. The van der Waals surface area contributed by atoms with Crippen molar-refractivity contribution in [3.8, 4) is 33.6 Å². The summed E-state index contributed by atoms with van der Waals surface area (Å²) < 4.78 is 4.82. The molecule has 12 heteroatoms. The maximum absolute atomic E-state index is 13.9. The van der Waals surface area contributed by atoms with Gasteiger partial charge in [0.1, 0.15) is 23.2 Å². The van der Waals surface area contributed by atoms with E-state index in [1.54, 1.807) is 0 Å². The number of likely N-dealkylation sites (tertiary alicyclic amines) is 2. The van der Waals surface area contributed by atoms with Crippen molar-refractivity contribution in [1.82, 2.24) is 40.0 Å². The number of carbonyl (C=O) groups is 3. The molecule has 3 aliphatic rings. The Labute approximate surface area is 315 Å². The van der Waals surface area contributed by atoms with E-state index in [9.17, 15) is 14.4 Å². The largest absolute Gasteiger partial charge is 0.453 e. The number of amides is 3. The molecule has 2 aliphatic heterocycles. The minimum absolute atomic E-state index is 0.0187. The number of aromatic amines is 3. The second-order valence-electron chi connectivity index (χ2n) is 16.1. The van der Waals surface area contributed by atoms with Gasteiger partial charge in [0.15, 0.2) is 0 Å². The van der Waals surface area contributed by atoms with Crippen LogP contribution in [-0.2, 0) is 19.9 Å². The summed E-state index contributed by atoms with van der Waals surface area (Å²) in [5.74, 6) is 2.38. The van der Waals surface area contributed by atoms with E-state index in [0.717, 1.165) is 94.8 Å². The average molecular weight is 731 g/mol. The fourth-order valence-corrected chi connectivity index (χ4v) is 9.09. The summed E-state index contributed by atoms with van der Waals surface area (Å²) in [6, 6.07) is 14.2. The van der Waals surface area contributed by atoms with Crippen LogP contribution in [0.25, 0.3) is 44.5 Å². The number of H-pyrrole nitrogens is 3. The Morgan fingerprint density at radius 1 is 0.944 bits per heavy atom. The Hall–Kier alpha value is -5.39. The monoisotopic (exact) mass is 730 g/mol. The molecule has 5 aromatic rings. The topological polar surface area (TPSA) is 152 Å². The van der Waals surface area contributed by atoms with Crippen molar-refractivity contribution in [2.24, 2.45) is 17.8 Å². The molecule has 1 saturated carbocycles. The number of benzene rings is 2. The third-order valence-electron chi connectivity index (χ3n) is 11.8. The van der Waals surface area contributed by atoms with Crippen molar-refractivity contribution in [3.05, 3.63) is 72.7 Å². The minimum Gasteiger partial charge on any atom is -0.453 e. The number of fused-ring (bicyclic) bond motifs is 3. The van der Waals surface area contributed by atoms with Gasteiger partial charge in [-0.2, -0.15) is 0 Å². The van der Waals surface area contributed by atoms with Crippen LogP contribution in [0.2, 0.25) is 0 Å². The number of piperidine rings is 1. The van der Waals surface area contributed by atoms with Crippen LogP contribution in [-0.4, -0.2) is 78.9 Å². The van der Waals surface area contributed by atoms with Crippen LogP contribution in [0.4, 0.5) is 4.79 Å². The van der Waals surface area contributed by atoms with E-state index < -0.39 is 17.7 Å². The highest BCUT2D eigenvalue weighted by atomic mass is 16.5. The second-order valence-corrected chi connectivity index (χ2v) is 16.1. The number of hydrogen-bond donors (Lipinski definition) is 4. The van der Waals surface area contributed by atoms with Gasteiger partial charge in [0.25, 0.3) is 0 Å². The van der Waals surface area contributed by atoms with Gasteiger partial charge in [0.2, 0.25) is 11.8 Å². The molecule has 2 saturated heterocycles. The lowest BCUT2D eigenvalue weighted by molar-refractivity contribution is -0.140. The zero-order valence-corrected chi connectivity index (χ0v) is 31.7. The number of nitrogens with one attached hydrogen (secondary N) is 4. The lowest BCUT2D eigenvalue weighted by atomic mass is 9.93. The normalized spacial score (nSPS) is 21.5. The molecule has 2 bridgehead atoms. The van der Waals surface area contributed by atoms with Crippen LogP contribution in [0, 0.1) is 17.8 Å². The van der Waals surface area contributed by atoms with Gasteiger partial charge in [-0.05, 0) is 72.6 Å². The Morgan fingerprint density at radius 2 is 1.70 bits per heavy atom. The molecule has 3 amide bonds. The molecule has 3 fully saturated rings. The predicted octanol–water partition coefficient (Wildman–Crippen LogP) is 7.54. The van der Waals surface area contributed by atoms with Gasteiger partial charge in [-0.3, -0.25) is 9.59 Å². The fraction of sp³-hybridized carbons (Fsp3) is 0.452.